The first-order chi connectivity index (χ1) is 12.1. The molecule has 0 fully saturated rings. The highest BCUT2D eigenvalue weighted by Crippen LogP contribution is 2.17. The Bertz CT molecular complexity index is 1120. The molecule has 126 valence electrons. The Morgan fingerprint density at radius 2 is 2.04 bits per heavy atom. The summed E-state index contributed by atoms with van der Waals surface area (Å²) < 4.78 is 13.2. The number of aromatic nitrogens is 5. The van der Waals surface area contributed by atoms with Gasteiger partial charge in [-0.1, -0.05) is 17.2 Å². The van der Waals surface area contributed by atoms with Gasteiger partial charge in [0.05, 0.1) is 5.52 Å². The second kappa shape index (κ2) is 5.74. The summed E-state index contributed by atoms with van der Waals surface area (Å²) in [4.78, 5) is 24.0. The Hall–Kier alpha value is -3.69. The first-order valence-corrected chi connectivity index (χ1v) is 7.32. The summed E-state index contributed by atoms with van der Waals surface area (Å²) in [5.41, 5.74) is 1.44. The number of aryl methyl sites for hydroxylation is 1. The molecule has 1 aromatic carbocycles. The van der Waals surface area contributed by atoms with Crippen LogP contribution in [-0.4, -0.2) is 30.5 Å². The van der Waals surface area contributed by atoms with Crippen molar-refractivity contribution in [3.05, 3.63) is 47.1 Å². The minimum atomic E-state index is -0.615. The van der Waals surface area contributed by atoms with Crippen LogP contribution in [0.4, 0.5) is 6.01 Å². The average molecular weight is 340 g/mol. The Kier molecular flexibility index (Phi) is 3.42. The van der Waals surface area contributed by atoms with Crippen molar-refractivity contribution in [2.45, 2.75) is 6.54 Å². The second-order valence-corrected chi connectivity index (χ2v) is 5.26. The quantitative estimate of drug-likeness (QED) is 0.588. The first kappa shape index (κ1) is 14.9. The predicted octanol–water partition coefficient (Wildman–Crippen LogP) is 1.02. The fraction of sp³-hybridized carbons (Fsp3) is 0.133. The first-order valence-electron chi connectivity index (χ1n) is 7.32. The lowest BCUT2D eigenvalue weighted by atomic mass is 10.3. The monoisotopic (exact) mass is 340 g/mol. The lowest BCUT2D eigenvalue weighted by Crippen LogP contribution is -2.24. The molecule has 0 saturated heterocycles. The van der Waals surface area contributed by atoms with Gasteiger partial charge in [0.1, 0.15) is 12.2 Å². The van der Waals surface area contributed by atoms with E-state index in [-0.39, 0.29) is 18.5 Å². The molecule has 0 atom stereocenters. The Morgan fingerprint density at radius 1 is 1.20 bits per heavy atom. The number of hydrogen-bond acceptors (Lipinski definition) is 7. The SMILES string of the molecule is Cn1ccc(-c2nnc(NC(=O)Cn3c(=O)oc4ccccc43)o2)n1. The van der Waals surface area contributed by atoms with Gasteiger partial charge in [0, 0.05) is 13.2 Å². The highest BCUT2D eigenvalue weighted by atomic mass is 16.4. The zero-order valence-electron chi connectivity index (χ0n) is 13.0. The van der Waals surface area contributed by atoms with Crippen LogP contribution < -0.4 is 11.1 Å². The summed E-state index contributed by atoms with van der Waals surface area (Å²) >= 11 is 0. The van der Waals surface area contributed by atoms with Gasteiger partial charge in [0.2, 0.25) is 5.91 Å². The number of hydrogen-bond donors (Lipinski definition) is 1. The van der Waals surface area contributed by atoms with Crippen molar-refractivity contribution < 1.29 is 13.6 Å². The Balaban J connectivity index is 1.52. The van der Waals surface area contributed by atoms with E-state index in [9.17, 15) is 9.59 Å². The van der Waals surface area contributed by atoms with Crippen LogP contribution in [0, 0.1) is 0 Å². The number of rotatable bonds is 4. The van der Waals surface area contributed by atoms with Crippen LogP contribution in [0.25, 0.3) is 22.7 Å². The van der Waals surface area contributed by atoms with Gasteiger partial charge in [-0.25, -0.2) is 4.79 Å². The number of nitrogens with zero attached hydrogens (tertiary/aromatic N) is 5. The maximum Gasteiger partial charge on any atom is 0.420 e. The molecule has 0 bridgehead atoms. The molecule has 0 saturated carbocycles. The van der Waals surface area contributed by atoms with E-state index in [2.05, 4.69) is 20.6 Å². The molecule has 4 aromatic rings. The molecular weight excluding hydrogens is 328 g/mol. The van der Waals surface area contributed by atoms with Crippen molar-refractivity contribution in [2.75, 3.05) is 5.32 Å². The molecule has 4 rings (SSSR count). The maximum atomic E-state index is 12.2. The molecule has 0 spiro atoms. The third kappa shape index (κ3) is 2.80. The van der Waals surface area contributed by atoms with Crippen molar-refractivity contribution in [2.24, 2.45) is 7.05 Å². The largest absolute Gasteiger partial charge is 0.420 e. The normalized spacial score (nSPS) is 11.1. The molecule has 1 N–H and O–H groups in total. The van der Waals surface area contributed by atoms with Crippen LogP contribution in [0.5, 0.6) is 0 Å². The molecule has 10 nitrogen and oxygen atoms in total. The van der Waals surface area contributed by atoms with Gasteiger partial charge in [-0.3, -0.25) is 19.4 Å². The Morgan fingerprint density at radius 3 is 2.84 bits per heavy atom. The minimum absolute atomic E-state index is 0.0773. The van der Waals surface area contributed by atoms with E-state index in [1.165, 1.54) is 4.57 Å². The lowest BCUT2D eigenvalue weighted by Gasteiger charge is -2.01. The number of para-hydroxylation sites is 2. The maximum absolute atomic E-state index is 12.2. The van der Waals surface area contributed by atoms with E-state index in [0.717, 1.165) is 0 Å². The standard InChI is InChI=1S/C15H12N6O4/c1-20-7-6-9(19-20)13-17-18-14(25-13)16-12(22)8-21-10-4-2-3-5-11(10)24-15(21)23/h2-7H,8H2,1H3,(H,16,18,22). The van der Waals surface area contributed by atoms with Crippen molar-refractivity contribution in [3.8, 4) is 11.6 Å². The van der Waals surface area contributed by atoms with E-state index >= 15 is 0 Å². The van der Waals surface area contributed by atoms with Crippen LogP contribution in [0.3, 0.4) is 0 Å². The molecule has 3 aromatic heterocycles. The third-order valence-electron chi connectivity index (χ3n) is 3.48. The van der Waals surface area contributed by atoms with Crippen molar-refractivity contribution in [3.63, 3.8) is 0 Å². The molecule has 10 heteroatoms. The molecule has 0 unspecified atom stereocenters. The summed E-state index contributed by atoms with van der Waals surface area (Å²) in [6.45, 7) is -0.239. The molecule has 0 radical (unpaired) electrons. The van der Waals surface area contributed by atoms with Crippen molar-refractivity contribution in [1.29, 1.82) is 0 Å². The van der Waals surface area contributed by atoms with Gasteiger partial charge in [-0.2, -0.15) is 5.10 Å². The number of fused-ring (bicyclic) bond motifs is 1. The van der Waals surface area contributed by atoms with Crippen LogP contribution in [0.1, 0.15) is 0 Å². The van der Waals surface area contributed by atoms with E-state index in [0.29, 0.717) is 16.8 Å². The van der Waals surface area contributed by atoms with Gasteiger partial charge >= 0.3 is 11.8 Å². The Labute approximate surface area is 139 Å². The van der Waals surface area contributed by atoms with Gasteiger partial charge < -0.3 is 8.83 Å². The number of amides is 1. The molecule has 0 aliphatic carbocycles. The molecule has 3 heterocycles. The topological polar surface area (TPSA) is 121 Å². The lowest BCUT2D eigenvalue weighted by molar-refractivity contribution is -0.116. The number of oxazole rings is 1. The summed E-state index contributed by atoms with van der Waals surface area (Å²) in [7, 11) is 1.76. The summed E-state index contributed by atoms with van der Waals surface area (Å²) in [6.07, 6.45) is 1.73. The van der Waals surface area contributed by atoms with E-state index in [1.807, 2.05) is 0 Å². The smallest absolute Gasteiger partial charge is 0.408 e. The average Bonchev–Trinajstić information content (AvgIpc) is 3.28. The second-order valence-electron chi connectivity index (χ2n) is 5.26. The van der Waals surface area contributed by atoms with Crippen LogP contribution in [0.2, 0.25) is 0 Å². The summed E-state index contributed by atoms with van der Waals surface area (Å²) in [6, 6.07) is 8.47. The zero-order valence-corrected chi connectivity index (χ0v) is 13.0. The van der Waals surface area contributed by atoms with Crippen LogP contribution >= 0.6 is 0 Å². The summed E-state index contributed by atoms with van der Waals surface area (Å²) in [5, 5.41) is 14.2. The van der Waals surface area contributed by atoms with E-state index < -0.39 is 11.7 Å². The van der Waals surface area contributed by atoms with Gasteiger partial charge in [0.15, 0.2) is 5.58 Å². The number of nitrogens with one attached hydrogen (secondary N) is 1. The molecule has 1 amide bonds. The van der Waals surface area contributed by atoms with Crippen molar-refractivity contribution >= 4 is 23.0 Å². The number of benzene rings is 1. The molecular formula is C15H12N6O4. The number of carbonyl (C=O) groups is 1. The molecule has 0 aliphatic rings. The van der Waals surface area contributed by atoms with Gasteiger partial charge in [0.25, 0.3) is 5.89 Å². The van der Waals surface area contributed by atoms with E-state index in [1.54, 1.807) is 48.3 Å². The highest BCUT2D eigenvalue weighted by molar-refractivity contribution is 5.89. The molecule has 25 heavy (non-hydrogen) atoms. The zero-order chi connectivity index (χ0) is 17.4. The number of anilines is 1. The van der Waals surface area contributed by atoms with Crippen LogP contribution in [-0.2, 0) is 18.4 Å². The van der Waals surface area contributed by atoms with Gasteiger partial charge in [-0.05, 0) is 18.2 Å². The third-order valence-corrected chi connectivity index (χ3v) is 3.48. The fourth-order valence-electron chi connectivity index (χ4n) is 2.37. The van der Waals surface area contributed by atoms with E-state index in [4.69, 9.17) is 8.83 Å². The minimum Gasteiger partial charge on any atom is -0.408 e. The highest BCUT2D eigenvalue weighted by Gasteiger charge is 2.16. The fourth-order valence-corrected chi connectivity index (χ4v) is 2.37. The number of carbonyl (C=O) groups excluding carboxylic acids is 1. The molecule has 0 aliphatic heterocycles. The van der Waals surface area contributed by atoms with Crippen LogP contribution in [0.15, 0.2) is 50.2 Å². The van der Waals surface area contributed by atoms with Gasteiger partial charge in [-0.15, -0.1) is 5.10 Å². The predicted molar refractivity (Wildman–Crippen MR) is 85.6 cm³/mol. The van der Waals surface area contributed by atoms with Crippen molar-refractivity contribution in [1.82, 2.24) is 24.5 Å². The summed E-state index contributed by atoms with van der Waals surface area (Å²) in [5.74, 6) is -0.928.